The molecule has 1 amide bonds. The summed E-state index contributed by atoms with van der Waals surface area (Å²) in [4.78, 5) is 25.3. The molecule has 2 N–H and O–H groups in total. The van der Waals surface area contributed by atoms with Crippen molar-refractivity contribution in [2.24, 2.45) is 5.92 Å². The van der Waals surface area contributed by atoms with Crippen LogP contribution in [0.5, 0.6) is 11.5 Å². The molecule has 30 heavy (non-hydrogen) atoms. The largest absolute Gasteiger partial charge is 0.496 e. The molecule has 0 radical (unpaired) electrons. The smallest absolute Gasteiger partial charge is 0.340 e. The number of fused-ring (bicyclic) bond motifs is 3. The summed E-state index contributed by atoms with van der Waals surface area (Å²) in [6.07, 6.45) is 1.39. The van der Waals surface area contributed by atoms with E-state index in [0.29, 0.717) is 28.0 Å². The summed E-state index contributed by atoms with van der Waals surface area (Å²) in [5.41, 5.74) is 1.41. The first kappa shape index (κ1) is 22.2. The minimum absolute atomic E-state index is 0.0731. The Morgan fingerprint density at radius 3 is 2.67 bits per heavy atom. The molecule has 0 saturated heterocycles. The van der Waals surface area contributed by atoms with Gasteiger partial charge < -0.3 is 24.3 Å². The van der Waals surface area contributed by atoms with Crippen molar-refractivity contribution >= 4 is 16.9 Å². The van der Waals surface area contributed by atoms with Gasteiger partial charge in [0.1, 0.15) is 22.7 Å². The van der Waals surface area contributed by atoms with Crippen LogP contribution < -0.4 is 20.4 Å². The second-order valence-electron chi connectivity index (χ2n) is 8.89. The van der Waals surface area contributed by atoms with Crippen LogP contribution in [-0.2, 0) is 17.6 Å². The van der Waals surface area contributed by atoms with Crippen molar-refractivity contribution in [1.29, 1.82) is 0 Å². The zero-order valence-corrected chi connectivity index (χ0v) is 18.5. The number of amides is 1. The van der Waals surface area contributed by atoms with Gasteiger partial charge in [0, 0.05) is 11.6 Å². The number of ether oxygens (including phenoxy) is 2. The number of benzene rings is 1. The molecule has 1 aromatic heterocycles. The fourth-order valence-corrected chi connectivity index (χ4v) is 3.89. The summed E-state index contributed by atoms with van der Waals surface area (Å²) in [6.45, 7) is 9.50. The second-order valence-corrected chi connectivity index (χ2v) is 8.89. The van der Waals surface area contributed by atoms with Gasteiger partial charge in [-0.15, -0.1) is 0 Å². The fourth-order valence-electron chi connectivity index (χ4n) is 3.89. The maximum absolute atomic E-state index is 12.8. The topological polar surface area (TPSA) is 98.0 Å². The highest BCUT2D eigenvalue weighted by molar-refractivity contribution is 5.93. The van der Waals surface area contributed by atoms with Crippen molar-refractivity contribution in [3.8, 4) is 11.5 Å². The second kappa shape index (κ2) is 8.30. The van der Waals surface area contributed by atoms with Crippen molar-refractivity contribution in [2.45, 2.75) is 65.5 Å². The fraction of sp³-hybridized carbons (Fsp3) is 0.565. The third kappa shape index (κ3) is 4.17. The zero-order valence-electron chi connectivity index (χ0n) is 18.5. The molecule has 1 aliphatic rings. The Balaban J connectivity index is 2.07. The Hall–Kier alpha value is -2.54. The molecule has 0 saturated carbocycles. The zero-order chi connectivity index (χ0) is 22.2. The molecule has 164 valence electrons. The molecule has 0 fully saturated rings. The number of carbonyl (C=O) groups excluding carboxylic acids is 1. The number of rotatable bonds is 6. The van der Waals surface area contributed by atoms with E-state index >= 15 is 0 Å². The van der Waals surface area contributed by atoms with Crippen LogP contribution in [0.2, 0.25) is 0 Å². The Kier molecular flexibility index (Phi) is 6.13. The van der Waals surface area contributed by atoms with Gasteiger partial charge >= 0.3 is 5.63 Å². The van der Waals surface area contributed by atoms with Gasteiger partial charge in [0.25, 0.3) is 0 Å². The lowest BCUT2D eigenvalue weighted by Gasteiger charge is -2.33. The summed E-state index contributed by atoms with van der Waals surface area (Å²) in [6, 6.07) is 1.46. The van der Waals surface area contributed by atoms with Crippen LogP contribution >= 0.6 is 0 Å². The van der Waals surface area contributed by atoms with Crippen molar-refractivity contribution in [2.75, 3.05) is 13.7 Å². The normalized spacial score (nSPS) is 16.1. The number of hydrogen-bond acceptors (Lipinski definition) is 6. The minimum atomic E-state index is -0.541. The van der Waals surface area contributed by atoms with E-state index in [-0.39, 0.29) is 42.1 Å². The lowest BCUT2D eigenvalue weighted by atomic mass is 9.91. The van der Waals surface area contributed by atoms with E-state index in [0.717, 1.165) is 18.4 Å². The van der Waals surface area contributed by atoms with E-state index in [1.807, 2.05) is 33.8 Å². The van der Waals surface area contributed by atoms with E-state index in [2.05, 4.69) is 5.32 Å². The molecule has 1 aromatic carbocycles. The minimum Gasteiger partial charge on any atom is -0.496 e. The summed E-state index contributed by atoms with van der Waals surface area (Å²) >= 11 is 0. The Bertz CT molecular complexity index is 1020. The van der Waals surface area contributed by atoms with Crippen molar-refractivity contribution < 1.29 is 23.8 Å². The van der Waals surface area contributed by atoms with Crippen LogP contribution in [0.15, 0.2) is 15.3 Å². The van der Waals surface area contributed by atoms with Crippen LogP contribution in [0.1, 0.15) is 50.8 Å². The van der Waals surface area contributed by atoms with Crippen LogP contribution in [0.3, 0.4) is 0 Å². The number of hydrogen-bond donors (Lipinski definition) is 2. The number of methoxy groups -OCH3 is 1. The third-order valence-electron chi connectivity index (χ3n) is 5.84. The van der Waals surface area contributed by atoms with Gasteiger partial charge in [0.05, 0.1) is 37.1 Å². The van der Waals surface area contributed by atoms with Gasteiger partial charge in [-0.05, 0) is 45.1 Å². The van der Waals surface area contributed by atoms with E-state index in [4.69, 9.17) is 13.9 Å². The molecule has 0 spiro atoms. The van der Waals surface area contributed by atoms with E-state index in [1.54, 1.807) is 14.0 Å². The first-order valence-corrected chi connectivity index (χ1v) is 10.3. The third-order valence-corrected chi connectivity index (χ3v) is 5.84. The standard InChI is InChI=1S/C23H31NO6/c1-12(2)16(11-25)24-19(26)9-15-13(3)20-18(28-6)10-17-14(21(20)29-22(15)27)7-8-23(4,5)30-17/h10,12,16,25H,7-9,11H2,1-6H3,(H,24,26). The Labute approximate surface area is 176 Å². The van der Waals surface area contributed by atoms with Crippen molar-refractivity contribution in [3.63, 3.8) is 0 Å². The lowest BCUT2D eigenvalue weighted by Crippen LogP contribution is -2.42. The summed E-state index contributed by atoms with van der Waals surface area (Å²) in [5.74, 6) is 0.939. The monoisotopic (exact) mass is 417 g/mol. The maximum Gasteiger partial charge on any atom is 0.340 e. The average Bonchev–Trinajstić information content (AvgIpc) is 2.67. The van der Waals surface area contributed by atoms with Crippen LogP contribution in [0, 0.1) is 12.8 Å². The molecule has 1 atom stereocenters. The van der Waals surface area contributed by atoms with Crippen LogP contribution in [-0.4, -0.2) is 36.4 Å². The lowest BCUT2D eigenvalue weighted by molar-refractivity contribution is -0.121. The highest BCUT2D eigenvalue weighted by Crippen LogP contribution is 2.43. The molecule has 3 rings (SSSR count). The van der Waals surface area contributed by atoms with Crippen LogP contribution in [0.25, 0.3) is 11.0 Å². The van der Waals surface area contributed by atoms with Crippen molar-refractivity contribution in [3.05, 3.63) is 33.2 Å². The Morgan fingerprint density at radius 2 is 2.07 bits per heavy atom. The number of aliphatic hydroxyl groups is 1. The van der Waals surface area contributed by atoms with E-state index in [9.17, 15) is 14.7 Å². The summed E-state index contributed by atoms with van der Waals surface area (Å²) in [7, 11) is 1.56. The number of nitrogens with one attached hydrogen (secondary N) is 1. The Morgan fingerprint density at radius 1 is 1.37 bits per heavy atom. The molecular formula is C23H31NO6. The van der Waals surface area contributed by atoms with Crippen LogP contribution in [0.4, 0.5) is 0 Å². The number of carbonyl (C=O) groups is 1. The first-order valence-electron chi connectivity index (χ1n) is 10.3. The highest BCUT2D eigenvalue weighted by Gasteiger charge is 2.31. The predicted octanol–water partition coefficient (Wildman–Crippen LogP) is 2.89. The van der Waals surface area contributed by atoms with E-state index < -0.39 is 5.63 Å². The van der Waals surface area contributed by atoms with Gasteiger partial charge in [-0.1, -0.05) is 13.8 Å². The number of aryl methyl sites for hydroxylation is 2. The molecule has 0 bridgehead atoms. The average molecular weight is 418 g/mol. The molecule has 2 heterocycles. The molecule has 1 aliphatic heterocycles. The van der Waals surface area contributed by atoms with Gasteiger partial charge in [-0.25, -0.2) is 4.79 Å². The predicted molar refractivity (Wildman–Crippen MR) is 114 cm³/mol. The van der Waals surface area contributed by atoms with Crippen molar-refractivity contribution in [1.82, 2.24) is 5.32 Å². The van der Waals surface area contributed by atoms with Gasteiger partial charge in [0.2, 0.25) is 5.91 Å². The SMILES string of the molecule is COc1cc2c(c3oc(=O)c(CC(=O)NC(CO)C(C)C)c(C)c13)CCC(C)(C)O2. The van der Waals surface area contributed by atoms with E-state index in [1.165, 1.54) is 0 Å². The summed E-state index contributed by atoms with van der Waals surface area (Å²) < 4.78 is 17.4. The quantitative estimate of drug-likeness (QED) is 0.702. The molecule has 7 nitrogen and oxygen atoms in total. The number of aliphatic hydroxyl groups excluding tert-OH is 1. The molecule has 0 aliphatic carbocycles. The summed E-state index contributed by atoms with van der Waals surface area (Å²) in [5, 5.41) is 12.9. The molecular weight excluding hydrogens is 386 g/mol. The highest BCUT2D eigenvalue weighted by atomic mass is 16.5. The van der Waals surface area contributed by atoms with Gasteiger partial charge in [-0.3, -0.25) is 4.79 Å². The molecule has 7 heteroatoms. The first-order chi connectivity index (χ1) is 14.1. The molecule has 1 unspecified atom stereocenters. The van der Waals surface area contributed by atoms with Gasteiger partial charge in [0.15, 0.2) is 0 Å². The maximum atomic E-state index is 12.8. The van der Waals surface area contributed by atoms with Gasteiger partial charge in [-0.2, -0.15) is 0 Å². The molecule has 2 aromatic rings.